The van der Waals surface area contributed by atoms with Crippen molar-refractivity contribution in [3.05, 3.63) is 95.6 Å². The zero-order chi connectivity index (χ0) is 58.4. The number of benzene rings is 1. The fourth-order valence-corrected chi connectivity index (χ4v) is 30.3. The first-order valence-electron chi connectivity index (χ1n) is 35.1. The molecule has 15 fully saturated rings. The fraction of sp³-hybridized carbons (Fsp3) is 0.743. The second-order valence-electron chi connectivity index (χ2n) is 33.5. The van der Waals surface area contributed by atoms with Crippen LogP contribution in [0.4, 0.5) is 0 Å². The number of ether oxygens (including phenoxy) is 4. The molecular formula is C74H90N2O11. The Morgan fingerprint density at radius 3 is 2.59 bits per heavy atom. The summed E-state index contributed by atoms with van der Waals surface area (Å²) in [5.74, 6) is 0.130. The predicted molar refractivity (Wildman–Crippen MR) is 317 cm³/mol. The largest absolute Gasteiger partial charge is 0.469 e. The van der Waals surface area contributed by atoms with Crippen molar-refractivity contribution in [1.82, 2.24) is 10.2 Å². The molecule has 5 saturated heterocycles. The summed E-state index contributed by atoms with van der Waals surface area (Å²) >= 11 is 0. The van der Waals surface area contributed by atoms with Crippen LogP contribution in [0.25, 0.3) is 0 Å². The van der Waals surface area contributed by atoms with Gasteiger partial charge in [-0.2, -0.15) is 0 Å². The second kappa shape index (κ2) is 17.1. The molecular weight excluding hydrogens is 1090 g/mol. The number of nitrogens with one attached hydrogen (secondary N) is 1. The molecule has 27 atom stereocenters. The molecule has 10 saturated carbocycles. The fourth-order valence-electron chi connectivity index (χ4n) is 30.3. The summed E-state index contributed by atoms with van der Waals surface area (Å²) in [5.41, 5.74) is -5.52. The minimum absolute atomic E-state index is 0.00818. The number of epoxide rings is 1. The summed E-state index contributed by atoms with van der Waals surface area (Å²) in [6.45, 7) is 6.01. The van der Waals surface area contributed by atoms with Crippen LogP contribution in [0.1, 0.15) is 159 Å². The lowest BCUT2D eigenvalue weighted by molar-refractivity contribution is -0.312. The van der Waals surface area contributed by atoms with Crippen LogP contribution in [-0.2, 0) is 46.2 Å². The number of aliphatic hydroxyl groups is 3. The number of carbonyl (C=O) groups is 3. The third-order valence-corrected chi connectivity index (χ3v) is 31.9. The van der Waals surface area contributed by atoms with Crippen LogP contribution in [0.5, 0.6) is 0 Å². The lowest BCUT2D eigenvalue weighted by Gasteiger charge is -2.75. The Labute approximate surface area is 511 Å². The molecule has 1 aromatic heterocycles. The number of Topliss-reactive ketones (excluding diaryl/α,β-unsaturated/α-hetero) is 1. The van der Waals surface area contributed by atoms with Crippen molar-refractivity contribution in [1.29, 1.82) is 0 Å². The first-order chi connectivity index (χ1) is 42.2. The van der Waals surface area contributed by atoms with E-state index in [0.29, 0.717) is 54.7 Å². The van der Waals surface area contributed by atoms with Gasteiger partial charge in [-0.1, -0.05) is 87.2 Å². The molecule has 462 valence electrons. The van der Waals surface area contributed by atoms with Crippen molar-refractivity contribution >= 4 is 17.7 Å². The van der Waals surface area contributed by atoms with E-state index in [1.54, 1.807) is 6.26 Å². The van der Waals surface area contributed by atoms with Crippen LogP contribution >= 0.6 is 0 Å². The zero-order valence-corrected chi connectivity index (χ0v) is 51.1. The van der Waals surface area contributed by atoms with Crippen LogP contribution in [0.3, 0.4) is 0 Å². The van der Waals surface area contributed by atoms with Crippen LogP contribution in [0.2, 0.25) is 0 Å². The van der Waals surface area contributed by atoms with Gasteiger partial charge in [0, 0.05) is 40.8 Å². The highest BCUT2D eigenvalue weighted by atomic mass is 16.7. The van der Waals surface area contributed by atoms with E-state index >= 15 is 14.4 Å². The molecule has 11 aliphatic carbocycles. The number of carbonyl (C=O) groups excluding carboxylic acids is 3. The average Bonchev–Trinajstić information content (AvgIpc) is 1.42. The van der Waals surface area contributed by atoms with Crippen molar-refractivity contribution in [3.63, 3.8) is 0 Å². The van der Waals surface area contributed by atoms with Gasteiger partial charge in [0.2, 0.25) is 0 Å². The number of cyclic esters (lactones) is 2. The number of fused-ring (bicyclic) bond motifs is 7. The highest BCUT2D eigenvalue weighted by molar-refractivity contribution is 5.96. The summed E-state index contributed by atoms with van der Waals surface area (Å²) in [6.07, 6.45) is 29.3. The number of esters is 2. The van der Waals surface area contributed by atoms with Crippen LogP contribution in [0, 0.1) is 115 Å². The standard InChI is InChI=1S/C74H90N2O11/c1-65-35-51-52-15-16-56-67(21-6-7-22-67)25-26-68(56)44-18-24-70-64(82)84-38-69-58(51)71(45-12-8-11-41(30-45)29-40-9-4-3-5-10-40,60(80)57(79)59(69)66(2)23-17-46(73(69,70)87-66)33-47(32-44)72(52,68)70)74(65)62(86-74)63(81)85-61(65)49-20-28-83-55(49)34-50(54(78)37-77)42-13-14-48-43(31-42)19-27-76-39-75-36-53(48)76/h3-5,9-10,17-20,24,27-28,41-45,47-48,50-54,56,58-62,75,77-78,80H,6-8,11-16,21-23,25-26,29-39H2,1-2H3/t41-,42+,43-,44-,45+,47-,48+,50+,51-,52+,53+,54-,56+,58-,59-,60-,61+,62-,65+,66+,68+,69-,70+,71+,72-,73-,74-/m1/s1. The molecule has 7 aliphatic heterocycles. The smallest absolute Gasteiger partial charge is 0.339 e. The molecule has 7 spiro atoms. The van der Waals surface area contributed by atoms with E-state index in [0.717, 1.165) is 102 Å². The average molecular weight is 1180 g/mol. The number of hydrogen-bond donors (Lipinski definition) is 4. The first-order valence-corrected chi connectivity index (χ1v) is 35.1. The van der Waals surface area contributed by atoms with Crippen molar-refractivity contribution in [2.45, 2.75) is 196 Å². The lowest BCUT2D eigenvalue weighted by Crippen LogP contribution is -2.84. The van der Waals surface area contributed by atoms with Gasteiger partial charge in [0.15, 0.2) is 11.9 Å². The summed E-state index contributed by atoms with van der Waals surface area (Å²) < 4.78 is 37.5. The van der Waals surface area contributed by atoms with Gasteiger partial charge in [0.05, 0.1) is 42.6 Å². The Bertz CT molecular complexity index is 3420. The van der Waals surface area contributed by atoms with Gasteiger partial charge >= 0.3 is 11.9 Å². The number of aliphatic hydroxyl groups excluding tert-OH is 3. The molecule has 0 amide bonds. The molecule has 2 aromatic rings. The SMILES string of the molecule is C[C@@]12C[C@H]3[C@@H]4[C@@]56COC(=O)[C@]78C=C[C@@H]9C[C@H](CC%10=CC[C@](C)(O[C@]%1057)[C@H]6C(=O)[C@@H](O)[C@@]4([C@H]4CCC[C@H](Cc5ccccc5)C4)[C@]14O[C@@H]4C(=O)O[C@H]2c1ccoc1C[C@@H]([C@H]1CC[C@H]2[C@H](C=CN4CNC[C@@H]24)C1)[C@H](O)CO)[C@]81[C@H]3CC[C@H]2C3(CCCC3)CC[C@]921. The van der Waals surface area contributed by atoms with Crippen molar-refractivity contribution in [2.75, 3.05) is 26.4 Å². The topological polar surface area (TPSA) is 181 Å². The number of allylic oxidation sites excluding steroid dienone is 2. The first kappa shape index (κ1) is 53.5. The maximum absolute atomic E-state index is 17.3. The van der Waals surface area contributed by atoms with Gasteiger partial charge in [-0.3, -0.25) is 14.9 Å². The summed E-state index contributed by atoms with van der Waals surface area (Å²) in [4.78, 5) is 52.5. The number of hydrogen-bond acceptors (Lipinski definition) is 13. The Morgan fingerprint density at radius 1 is 0.874 bits per heavy atom. The number of furan rings is 1. The molecule has 18 aliphatic rings. The molecule has 20 rings (SSSR count). The molecule has 13 nitrogen and oxygen atoms in total. The monoisotopic (exact) mass is 1180 g/mol. The van der Waals surface area contributed by atoms with Gasteiger partial charge in [-0.25, -0.2) is 4.79 Å². The molecule has 6 bridgehead atoms. The van der Waals surface area contributed by atoms with Crippen molar-refractivity contribution < 1.29 is 53.1 Å². The summed E-state index contributed by atoms with van der Waals surface area (Å²) in [7, 11) is 0. The van der Waals surface area contributed by atoms with E-state index in [1.165, 1.54) is 43.2 Å². The van der Waals surface area contributed by atoms with Crippen molar-refractivity contribution in [3.8, 4) is 0 Å². The third-order valence-electron chi connectivity index (χ3n) is 31.9. The van der Waals surface area contributed by atoms with E-state index in [1.807, 2.05) is 6.07 Å². The molecule has 1 aromatic carbocycles. The third kappa shape index (κ3) is 5.55. The van der Waals surface area contributed by atoms with Gasteiger partial charge in [0.1, 0.15) is 41.2 Å². The van der Waals surface area contributed by atoms with Gasteiger partial charge in [0.25, 0.3) is 0 Å². The molecule has 0 radical (unpaired) electrons. The normalized spacial score (nSPS) is 54.3. The van der Waals surface area contributed by atoms with E-state index in [-0.39, 0.29) is 77.2 Å². The van der Waals surface area contributed by atoms with Gasteiger partial charge < -0.3 is 43.6 Å². The van der Waals surface area contributed by atoms with E-state index in [4.69, 9.17) is 23.4 Å². The van der Waals surface area contributed by atoms with E-state index < -0.39 is 86.1 Å². The predicted octanol–water partition coefficient (Wildman–Crippen LogP) is 9.92. The number of nitrogens with zero attached hydrogens (tertiary/aromatic N) is 1. The molecule has 87 heavy (non-hydrogen) atoms. The minimum atomic E-state index is -1.50. The van der Waals surface area contributed by atoms with Crippen LogP contribution in [-0.4, -0.2) is 106 Å². The molecule has 0 unspecified atom stereocenters. The highest BCUT2D eigenvalue weighted by Crippen LogP contribution is 2.98. The summed E-state index contributed by atoms with van der Waals surface area (Å²) in [5, 5.41) is 41.5. The minimum Gasteiger partial charge on any atom is -0.469 e. The van der Waals surface area contributed by atoms with Gasteiger partial charge in [-0.05, 0) is 215 Å². The highest BCUT2D eigenvalue weighted by Gasteiger charge is 3.03. The molecule has 8 heterocycles. The Morgan fingerprint density at radius 2 is 1.74 bits per heavy atom. The Balaban J connectivity index is 0.816. The quantitative estimate of drug-likeness (QED) is 0.106. The maximum Gasteiger partial charge on any atom is 0.339 e. The van der Waals surface area contributed by atoms with Crippen LogP contribution < -0.4 is 5.32 Å². The maximum atomic E-state index is 17.3. The zero-order valence-electron chi connectivity index (χ0n) is 51.1. The number of ketones is 1. The van der Waals surface area contributed by atoms with E-state index in [2.05, 4.69) is 84.9 Å². The number of rotatable bonds is 9. The summed E-state index contributed by atoms with van der Waals surface area (Å²) in [6, 6.07) is 13.3. The molecule has 13 heteroatoms. The van der Waals surface area contributed by atoms with Gasteiger partial charge in [-0.15, -0.1) is 0 Å². The molecule has 4 N–H and O–H groups in total. The van der Waals surface area contributed by atoms with Crippen LogP contribution in [0.15, 0.2) is 83.2 Å². The van der Waals surface area contributed by atoms with E-state index in [9.17, 15) is 15.3 Å². The lowest BCUT2D eigenvalue weighted by atomic mass is 9.28. The Hall–Kier alpha value is -4.11. The van der Waals surface area contributed by atoms with Crippen molar-refractivity contribution in [2.24, 2.45) is 115 Å². The second-order valence-corrected chi connectivity index (χ2v) is 33.5. The Kier molecular flexibility index (Phi) is 10.5.